The van der Waals surface area contributed by atoms with Crippen molar-refractivity contribution in [1.82, 2.24) is 0 Å². The van der Waals surface area contributed by atoms with E-state index in [0.29, 0.717) is 11.8 Å². The fourth-order valence-electron chi connectivity index (χ4n) is 5.94. The van der Waals surface area contributed by atoms with E-state index in [1.54, 1.807) is 0 Å². The van der Waals surface area contributed by atoms with Gasteiger partial charge in [0, 0.05) is 0 Å². The zero-order valence-corrected chi connectivity index (χ0v) is 24.6. The van der Waals surface area contributed by atoms with E-state index >= 15 is 0 Å². The Hall–Kier alpha value is -1.57. The van der Waals surface area contributed by atoms with E-state index in [4.69, 9.17) is 0 Å². The molecule has 37 heavy (non-hydrogen) atoms. The quantitative estimate of drug-likeness (QED) is 0.0928. The number of aliphatic imine (C=N–C) groups is 2. The second-order valence-corrected chi connectivity index (χ2v) is 11.6. The van der Waals surface area contributed by atoms with Crippen LogP contribution in [0.3, 0.4) is 0 Å². The zero-order valence-electron chi connectivity index (χ0n) is 24.6. The zero-order chi connectivity index (χ0) is 26.2. The van der Waals surface area contributed by atoms with Gasteiger partial charge in [0.05, 0.1) is 5.92 Å². The predicted molar refractivity (Wildman–Crippen MR) is 166 cm³/mol. The Bertz CT molecular complexity index is 668. The first-order valence-electron chi connectivity index (χ1n) is 16.3. The van der Waals surface area contributed by atoms with Gasteiger partial charge in [-0.1, -0.05) is 176 Å². The van der Waals surface area contributed by atoms with Crippen molar-refractivity contribution in [2.75, 3.05) is 0 Å². The molecule has 1 heterocycles. The number of benzene rings is 1. The van der Waals surface area contributed by atoms with E-state index in [1.165, 1.54) is 140 Å². The number of hydrogen-bond acceptors (Lipinski definition) is 2. The molecule has 2 unspecified atom stereocenters. The van der Waals surface area contributed by atoms with Crippen molar-refractivity contribution in [3.63, 3.8) is 0 Å². The average Bonchev–Trinajstić information content (AvgIpc) is 3.46. The van der Waals surface area contributed by atoms with Gasteiger partial charge in [-0.3, -0.25) is 0 Å². The van der Waals surface area contributed by atoms with Gasteiger partial charge in [-0.2, -0.15) is 0 Å². The van der Waals surface area contributed by atoms with Crippen LogP contribution in [0.25, 0.3) is 0 Å². The summed E-state index contributed by atoms with van der Waals surface area (Å²) in [5.74, 6) is 1.14. The normalized spacial score (nSPS) is 14.5. The Morgan fingerprint density at radius 2 is 1.00 bits per heavy atom. The molecule has 0 saturated carbocycles. The first-order valence-corrected chi connectivity index (χ1v) is 16.3. The molecule has 2 nitrogen and oxygen atoms in total. The first-order chi connectivity index (χ1) is 18.3. The molecule has 0 fully saturated rings. The summed E-state index contributed by atoms with van der Waals surface area (Å²) in [5, 5.41) is 0. The van der Waals surface area contributed by atoms with Crippen LogP contribution in [0.2, 0.25) is 0 Å². The Balaban J connectivity index is 1.56. The van der Waals surface area contributed by atoms with Gasteiger partial charge in [-0.15, -0.1) is 0 Å². The SMILES string of the molecule is CCCCCCCCCCCCCCCCCCCC(Cc1ccccc1)C(CCCC)[C+]1N=CC=N1. The molecular weight excluding hydrogens is 448 g/mol. The highest BCUT2D eigenvalue weighted by molar-refractivity contribution is 6.18. The van der Waals surface area contributed by atoms with Gasteiger partial charge in [-0.05, 0) is 30.7 Å². The average molecular weight is 508 g/mol. The molecule has 0 N–H and O–H groups in total. The van der Waals surface area contributed by atoms with Crippen LogP contribution in [-0.2, 0) is 6.42 Å². The highest BCUT2D eigenvalue weighted by atomic mass is 15.0. The summed E-state index contributed by atoms with van der Waals surface area (Å²) in [7, 11) is 0. The molecule has 0 spiro atoms. The molecule has 0 amide bonds. The lowest BCUT2D eigenvalue weighted by Gasteiger charge is -2.26. The summed E-state index contributed by atoms with van der Waals surface area (Å²) in [6.07, 6.45) is 35.4. The van der Waals surface area contributed by atoms with Crippen molar-refractivity contribution in [1.29, 1.82) is 0 Å². The van der Waals surface area contributed by atoms with E-state index in [9.17, 15) is 0 Å². The summed E-state index contributed by atoms with van der Waals surface area (Å²) in [4.78, 5) is 9.30. The van der Waals surface area contributed by atoms with Crippen LogP contribution < -0.4 is 0 Å². The molecule has 0 radical (unpaired) electrons. The third-order valence-electron chi connectivity index (χ3n) is 8.27. The lowest BCUT2D eigenvalue weighted by Crippen LogP contribution is -2.22. The molecule has 0 saturated heterocycles. The standard InChI is InChI=1S/C35H59N2/c1-3-5-7-8-9-10-11-12-13-14-15-16-17-18-19-20-24-27-33(31-32-25-22-21-23-26-32)34(28-6-4-2)35-36-29-30-37-35/h21-23,25-26,29-30,33-34H,3-20,24,27-28,31H2,1-2H3/q+1. The Kier molecular flexibility index (Phi) is 19.2. The number of nitrogens with zero attached hydrogens (tertiary/aromatic N) is 2. The highest BCUT2D eigenvalue weighted by Gasteiger charge is 2.35. The van der Waals surface area contributed by atoms with E-state index in [1.807, 2.05) is 12.4 Å². The Morgan fingerprint density at radius 1 is 0.541 bits per heavy atom. The van der Waals surface area contributed by atoms with Crippen LogP contribution >= 0.6 is 0 Å². The Morgan fingerprint density at radius 3 is 1.49 bits per heavy atom. The van der Waals surface area contributed by atoms with Gasteiger partial charge in [0.15, 0.2) is 12.4 Å². The van der Waals surface area contributed by atoms with Crippen molar-refractivity contribution in [2.24, 2.45) is 21.8 Å². The van der Waals surface area contributed by atoms with Gasteiger partial charge >= 0.3 is 0 Å². The maximum absolute atomic E-state index is 4.65. The third kappa shape index (κ3) is 15.4. The van der Waals surface area contributed by atoms with Crippen LogP contribution in [0, 0.1) is 18.0 Å². The monoisotopic (exact) mass is 507 g/mol. The van der Waals surface area contributed by atoms with Crippen molar-refractivity contribution in [3.8, 4) is 0 Å². The first kappa shape index (κ1) is 31.6. The van der Waals surface area contributed by atoms with E-state index < -0.39 is 0 Å². The molecule has 0 bridgehead atoms. The van der Waals surface area contributed by atoms with Gasteiger partial charge in [0.25, 0.3) is 0 Å². The number of hydrogen-bond donors (Lipinski definition) is 0. The predicted octanol–water partition coefficient (Wildman–Crippen LogP) is 11.3. The second kappa shape index (κ2) is 22.4. The fraction of sp³-hybridized carbons (Fsp3) is 0.743. The van der Waals surface area contributed by atoms with Crippen molar-refractivity contribution in [2.45, 2.75) is 155 Å². The summed E-state index contributed by atoms with van der Waals surface area (Å²) < 4.78 is 0. The summed E-state index contributed by atoms with van der Waals surface area (Å²) in [6.45, 7) is 4.60. The summed E-state index contributed by atoms with van der Waals surface area (Å²) >= 11 is 0. The lowest BCUT2D eigenvalue weighted by atomic mass is 9.78. The van der Waals surface area contributed by atoms with Crippen LogP contribution in [0.15, 0.2) is 40.3 Å². The van der Waals surface area contributed by atoms with Crippen LogP contribution in [0.4, 0.5) is 0 Å². The molecule has 0 aromatic heterocycles. The second-order valence-electron chi connectivity index (χ2n) is 11.6. The summed E-state index contributed by atoms with van der Waals surface area (Å²) in [6, 6.07) is 11.1. The smallest absolute Gasteiger partial charge is 0.0965 e. The van der Waals surface area contributed by atoms with Gasteiger partial charge in [0.2, 0.25) is 6.17 Å². The number of rotatable bonds is 25. The molecule has 1 aliphatic heterocycles. The van der Waals surface area contributed by atoms with Crippen molar-refractivity contribution < 1.29 is 0 Å². The Labute approximate surface area is 231 Å². The lowest BCUT2D eigenvalue weighted by molar-refractivity contribution is 0.286. The molecule has 1 aliphatic rings. The van der Waals surface area contributed by atoms with E-state index in [-0.39, 0.29) is 0 Å². The van der Waals surface area contributed by atoms with Gasteiger partial charge in [-0.25, -0.2) is 0 Å². The van der Waals surface area contributed by atoms with E-state index in [0.717, 1.165) is 12.6 Å². The minimum Gasteiger partial charge on any atom is -0.0965 e. The topological polar surface area (TPSA) is 24.7 Å². The van der Waals surface area contributed by atoms with E-state index in [2.05, 4.69) is 54.2 Å². The fourth-order valence-corrected chi connectivity index (χ4v) is 5.94. The molecule has 1 aromatic rings. The molecule has 1 aromatic carbocycles. The minimum atomic E-state index is 0.496. The molecule has 0 aliphatic carbocycles. The van der Waals surface area contributed by atoms with Gasteiger partial charge < -0.3 is 0 Å². The largest absolute Gasteiger partial charge is 0.244 e. The maximum Gasteiger partial charge on any atom is 0.244 e. The molecule has 2 atom stereocenters. The summed E-state index contributed by atoms with van der Waals surface area (Å²) in [5.41, 5.74) is 1.47. The number of unbranched alkanes of at least 4 members (excludes halogenated alkanes) is 17. The minimum absolute atomic E-state index is 0.496. The van der Waals surface area contributed by atoms with Crippen molar-refractivity contribution in [3.05, 3.63) is 42.1 Å². The van der Waals surface area contributed by atoms with Crippen LogP contribution in [0.1, 0.15) is 154 Å². The molecular formula is C35H59N2+. The van der Waals surface area contributed by atoms with Crippen LogP contribution in [-0.4, -0.2) is 12.4 Å². The molecule has 2 heteroatoms. The third-order valence-corrected chi connectivity index (χ3v) is 8.27. The van der Waals surface area contributed by atoms with Gasteiger partial charge in [0.1, 0.15) is 0 Å². The van der Waals surface area contributed by atoms with Crippen molar-refractivity contribution >= 4 is 12.4 Å². The highest BCUT2D eigenvalue weighted by Crippen LogP contribution is 2.36. The van der Waals surface area contributed by atoms with Crippen LogP contribution in [0.5, 0.6) is 0 Å². The maximum atomic E-state index is 4.65. The molecule has 208 valence electrons. The molecule has 2 rings (SSSR count).